The summed E-state index contributed by atoms with van der Waals surface area (Å²) in [7, 11) is 0. The predicted octanol–water partition coefficient (Wildman–Crippen LogP) is 2.34. The molecule has 1 aliphatic rings. The van der Waals surface area contributed by atoms with Gasteiger partial charge in [0.25, 0.3) is 0 Å². The normalized spacial score (nSPS) is 15.5. The molecule has 0 bridgehead atoms. The second-order valence-electron chi connectivity index (χ2n) is 6.46. The minimum absolute atomic E-state index is 0.127. The molecule has 1 amide bonds. The number of aryl methyl sites for hydroxylation is 3. The standard InChI is InChI=1S/C18H24N4O2/c1-12-4-5-17(19-11-12)24-15-6-8-22(9-7-15)18(23)10-16-13(2)20-21-14(16)3/h4-5,11,15H,6-10H2,1-3H3,(H,20,21). The quantitative estimate of drug-likeness (QED) is 0.935. The second-order valence-corrected chi connectivity index (χ2v) is 6.46. The minimum Gasteiger partial charge on any atom is -0.474 e. The van der Waals surface area contributed by atoms with Gasteiger partial charge in [-0.05, 0) is 26.3 Å². The maximum absolute atomic E-state index is 12.5. The lowest BCUT2D eigenvalue weighted by atomic mass is 10.1. The number of rotatable bonds is 4. The Morgan fingerprint density at radius 1 is 1.29 bits per heavy atom. The van der Waals surface area contributed by atoms with Gasteiger partial charge < -0.3 is 9.64 Å². The summed E-state index contributed by atoms with van der Waals surface area (Å²) in [5.41, 5.74) is 4.02. The zero-order chi connectivity index (χ0) is 17.1. The van der Waals surface area contributed by atoms with E-state index in [0.717, 1.165) is 48.4 Å². The molecule has 1 fully saturated rings. The van der Waals surface area contributed by atoms with Gasteiger partial charge in [0.1, 0.15) is 6.10 Å². The highest BCUT2D eigenvalue weighted by Crippen LogP contribution is 2.19. The van der Waals surface area contributed by atoms with Gasteiger partial charge in [0, 0.05) is 49.5 Å². The van der Waals surface area contributed by atoms with Crippen molar-refractivity contribution in [1.29, 1.82) is 0 Å². The maximum Gasteiger partial charge on any atom is 0.227 e. The van der Waals surface area contributed by atoms with Crippen molar-refractivity contribution in [2.45, 2.75) is 46.1 Å². The number of carbonyl (C=O) groups excluding carboxylic acids is 1. The Hall–Kier alpha value is -2.37. The number of likely N-dealkylation sites (tertiary alicyclic amines) is 1. The number of nitrogens with zero attached hydrogens (tertiary/aromatic N) is 3. The molecular weight excluding hydrogens is 304 g/mol. The number of nitrogens with one attached hydrogen (secondary N) is 1. The summed E-state index contributed by atoms with van der Waals surface area (Å²) in [5.74, 6) is 0.824. The first-order valence-corrected chi connectivity index (χ1v) is 8.40. The molecule has 0 spiro atoms. The zero-order valence-electron chi connectivity index (χ0n) is 14.5. The van der Waals surface area contributed by atoms with Crippen LogP contribution in [0.1, 0.15) is 35.4 Å². The number of hydrogen-bond acceptors (Lipinski definition) is 4. The third-order valence-corrected chi connectivity index (χ3v) is 4.58. The van der Waals surface area contributed by atoms with Gasteiger partial charge in [0.15, 0.2) is 0 Å². The van der Waals surface area contributed by atoms with E-state index in [2.05, 4.69) is 15.2 Å². The summed E-state index contributed by atoms with van der Waals surface area (Å²) in [6.45, 7) is 7.35. The van der Waals surface area contributed by atoms with Crippen LogP contribution in [0, 0.1) is 20.8 Å². The Labute approximate surface area is 142 Å². The molecule has 6 nitrogen and oxygen atoms in total. The summed E-state index contributed by atoms with van der Waals surface area (Å²) >= 11 is 0. The summed E-state index contributed by atoms with van der Waals surface area (Å²) < 4.78 is 5.92. The Morgan fingerprint density at radius 3 is 2.62 bits per heavy atom. The number of ether oxygens (including phenoxy) is 1. The molecule has 3 heterocycles. The maximum atomic E-state index is 12.5. The lowest BCUT2D eigenvalue weighted by Crippen LogP contribution is -2.42. The molecule has 2 aromatic heterocycles. The minimum atomic E-state index is 0.127. The van der Waals surface area contributed by atoms with Gasteiger partial charge in [0.2, 0.25) is 11.8 Å². The van der Waals surface area contributed by atoms with Crippen LogP contribution in [0.2, 0.25) is 0 Å². The fourth-order valence-corrected chi connectivity index (χ4v) is 3.02. The summed E-state index contributed by atoms with van der Waals surface area (Å²) in [4.78, 5) is 18.7. The van der Waals surface area contributed by atoms with Crippen LogP contribution in [0.4, 0.5) is 0 Å². The molecule has 3 rings (SSSR count). The molecule has 6 heteroatoms. The predicted molar refractivity (Wildman–Crippen MR) is 91.0 cm³/mol. The van der Waals surface area contributed by atoms with Crippen molar-refractivity contribution in [2.24, 2.45) is 0 Å². The molecule has 0 saturated carbocycles. The smallest absolute Gasteiger partial charge is 0.227 e. The van der Waals surface area contributed by atoms with Crippen LogP contribution in [0.5, 0.6) is 5.88 Å². The van der Waals surface area contributed by atoms with Crippen molar-refractivity contribution in [3.05, 3.63) is 40.8 Å². The van der Waals surface area contributed by atoms with E-state index in [1.807, 2.05) is 44.0 Å². The number of H-pyrrole nitrogens is 1. The highest BCUT2D eigenvalue weighted by atomic mass is 16.5. The van der Waals surface area contributed by atoms with Gasteiger partial charge in [-0.15, -0.1) is 0 Å². The van der Waals surface area contributed by atoms with Crippen LogP contribution in [-0.4, -0.2) is 45.2 Å². The number of amides is 1. The van der Waals surface area contributed by atoms with E-state index in [9.17, 15) is 4.79 Å². The van der Waals surface area contributed by atoms with E-state index in [-0.39, 0.29) is 12.0 Å². The lowest BCUT2D eigenvalue weighted by molar-refractivity contribution is -0.132. The lowest BCUT2D eigenvalue weighted by Gasteiger charge is -2.32. The molecule has 128 valence electrons. The molecule has 24 heavy (non-hydrogen) atoms. The van der Waals surface area contributed by atoms with E-state index in [1.54, 1.807) is 0 Å². The average molecular weight is 328 g/mol. The van der Waals surface area contributed by atoms with Gasteiger partial charge >= 0.3 is 0 Å². The number of hydrogen-bond donors (Lipinski definition) is 1. The molecule has 1 saturated heterocycles. The van der Waals surface area contributed by atoms with Crippen LogP contribution in [0.15, 0.2) is 18.3 Å². The van der Waals surface area contributed by atoms with E-state index < -0.39 is 0 Å². The van der Waals surface area contributed by atoms with Crippen LogP contribution in [0.25, 0.3) is 0 Å². The first-order valence-electron chi connectivity index (χ1n) is 8.40. The summed E-state index contributed by atoms with van der Waals surface area (Å²) in [6.07, 6.45) is 4.03. The van der Waals surface area contributed by atoms with Crippen molar-refractivity contribution in [3.8, 4) is 5.88 Å². The van der Waals surface area contributed by atoms with Gasteiger partial charge in [-0.2, -0.15) is 5.10 Å². The van der Waals surface area contributed by atoms with Crippen LogP contribution in [-0.2, 0) is 11.2 Å². The highest BCUT2D eigenvalue weighted by Gasteiger charge is 2.25. The number of aromatic amines is 1. The van der Waals surface area contributed by atoms with Gasteiger partial charge in [-0.1, -0.05) is 6.07 Å². The first-order chi connectivity index (χ1) is 11.5. The average Bonchev–Trinajstić information content (AvgIpc) is 2.89. The van der Waals surface area contributed by atoms with Crippen LogP contribution < -0.4 is 4.74 Å². The SMILES string of the molecule is Cc1ccc(OC2CCN(C(=O)Cc3c(C)n[nH]c3C)CC2)nc1. The molecule has 1 N–H and O–H groups in total. The Bertz CT molecular complexity index is 681. The van der Waals surface area contributed by atoms with E-state index >= 15 is 0 Å². The van der Waals surface area contributed by atoms with Crippen LogP contribution >= 0.6 is 0 Å². The molecular formula is C18H24N4O2. The number of pyridine rings is 1. The molecule has 1 aliphatic heterocycles. The van der Waals surface area contributed by atoms with Gasteiger partial charge in [-0.25, -0.2) is 4.98 Å². The highest BCUT2D eigenvalue weighted by molar-refractivity contribution is 5.79. The van der Waals surface area contributed by atoms with Crippen molar-refractivity contribution >= 4 is 5.91 Å². The topological polar surface area (TPSA) is 71.1 Å². The largest absolute Gasteiger partial charge is 0.474 e. The third-order valence-electron chi connectivity index (χ3n) is 4.58. The Morgan fingerprint density at radius 2 is 2.04 bits per heavy atom. The van der Waals surface area contributed by atoms with Crippen molar-refractivity contribution in [2.75, 3.05) is 13.1 Å². The molecule has 0 aliphatic carbocycles. The van der Waals surface area contributed by atoms with Crippen molar-refractivity contribution in [3.63, 3.8) is 0 Å². The molecule has 2 aromatic rings. The number of aromatic nitrogens is 3. The fraction of sp³-hybridized carbons (Fsp3) is 0.500. The molecule has 0 radical (unpaired) electrons. The third kappa shape index (κ3) is 3.75. The van der Waals surface area contributed by atoms with E-state index in [0.29, 0.717) is 12.3 Å². The number of carbonyl (C=O) groups is 1. The fourth-order valence-electron chi connectivity index (χ4n) is 3.02. The monoisotopic (exact) mass is 328 g/mol. The summed E-state index contributed by atoms with van der Waals surface area (Å²) in [6, 6.07) is 3.90. The van der Waals surface area contributed by atoms with Crippen molar-refractivity contribution in [1.82, 2.24) is 20.1 Å². The molecule has 0 unspecified atom stereocenters. The zero-order valence-corrected chi connectivity index (χ0v) is 14.5. The van der Waals surface area contributed by atoms with E-state index in [1.165, 1.54) is 0 Å². The van der Waals surface area contributed by atoms with Crippen molar-refractivity contribution < 1.29 is 9.53 Å². The second kappa shape index (κ2) is 7.03. The van der Waals surface area contributed by atoms with Gasteiger partial charge in [0.05, 0.1) is 12.1 Å². The van der Waals surface area contributed by atoms with E-state index in [4.69, 9.17) is 4.74 Å². The molecule has 0 aromatic carbocycles. The number of piperidine rings is 1. The molecule has 0 atom stereocenters. The summed E-state index contributed by atoms with van der Waals surface area (Å²) in [5, 5.41) is 7.09. The Kier molecular flexibility index (Phi) is 4.83. The van der Waals surface area contributed by atoms with Gasteiger partial charge in [-0.3, -0.25) is 9.89 Å². The first kappa shape index (κ1) is 16.5. The van der Waals surface area contributed by atoms with Crippen LogP contribution in [0.3, 0.4) is 0 Å². The Balaban J connectivity index is 1.51.